The number of carbonyl (C=O) groups excluding carboxylic acids is 3. The third-order valence-electron chi connectivity index (χ3n) is 4.29. The Morgan fingerprint density at radius 1 is 0.929 bits per heavy atom. The van der Waals surface area contributed by atoms with E-state index in [2.05, 4.69) is 16.0 Å². The first-order valence-corrected chi connectivity index (χ1v) is 9.26. The van der Waals surface area contributed by atoms with Gasteiger partial charge in [0.15, 0.2) is 0 Å². The van der Waals surface area contributed by atoms with E-state index in [0.717, 1.165) is 22.4 Å². The fraction of sp³-hybridized carbons (Fsp3) is 0.318. The highest BCUT2D eigenvalue weighted by Crippen LogP contribution is 2.21. The minimum absolute atomic E-state index is 0.0917. The van der Waals surface area contributed by atoms with Crippen LogP contribution in [0.1, 0.15) is 40.4 Å². The first kappa shape index (κ1) is 21.2. The van der Waals surface area contributed by atoms with Gasteiger partial charge in [0.2, 0.25) is 11.8 Å². The van der Waals surface area contributed by atoms with Gasteiger partial charge >= 0.3 is 0 Å². The summed E-state index contributed by atoms with van der Waals surface area (Å²) >= 11 is 0. The SMILES string of the molecule is Cc1cc(C)c(NC(=O)CNC(=O)C[C@@H](C)NC(=O)c2ccccc2)c(C)c1. The molecule has 1 atom stereocenters. The van der Waals surface area contributed by atoms with Crippen molar-refractivity contribution in [2.75, 3.05) is 11.9 Å². The first-order valence-electron chi connectivity index (χ1n) is 9.26. The van der Waals surface area contributed by atoms with Crippen molar-refractivity contribution in [1.29, 1.82) is 0 Å². The molecule has 0 radical (unpaired) electrons. The number of hydrogen-bond acceptors (Lipinski definition) is 3. The molecule has 0 aliphatic heterocycles. The lowest BCUT2D eigenvalue weighted by molar-refractivity contribution is -0.124. The highest BCUT2D eigenvalue weighted by atomic mass is 16.2. The van der Waals surface area contributed by atoms with Crippen LogP contribution in [-0.4, -0.2) is 30.3 Å². The standard InChI is InChI=1S/C22H27N3O3/c1-14-10-15(2)21(16(3)11-14)25-20(27)13-23-19(26)12-17(4)24-22(28)18-8-6-5-7-9-18/h5-11,17H,12-13H2,1-4H3,(H,23,26)(H,24,28)(H,25,27)/t17-/m1/s1. The Balaban J connectivity index is 1.79. The molecular formula is C22H27N3O3. The van der Waals surface area contributed by atoms with E-state index in [-0.39, 0.29) is 36.7 Å². The van der Waals surface area contributed by atoms with E-state index in [9.17, 15) is 14.4 Å². The molecule has 0 bridgehead atoms. The Hall–Kier alpha value is -3.15. The fourth-order valence-corrected chi connectivity index (χ4v) is 3.04. The predicted octanol–water partition coefficient (Wildman–Crippen LogP) is 2.88. The van der Waals surface area contributed by atoms with Gasteiger partial charge in [0, 0.05) is 23.7 Å². The number of aryl methyl sites for hydroxylation is 3. The highest BCUT2D eigenvalue weighted by Gasteiger charge is 2.14. The molecule has 28 heavy (non-hydrogen) atoms. The molecule has 0 aromatic heterocycles. The lowest BCUT2D eigenvalue weighted by Crippen LogP contribution is -2.39. The van der Waals surface area contributed by atoms with Crippen LogP contribution in [0.15, 0.2) is 42.5 Å². The molecule has 6 heteroatoms. The van der Waals surface area contributed by atoms with E-state index in [1.807, 2.05) is 39.0 Å². The quantitative estimate of drug-likeness (QED) is 0.689. The number of benzene rings is 2. The van der Waals surface area contributed by atoms with Gasteiger partial charge in [-0.3, -0.25) is 14.4 Å². The molecule has 2 aromatic rings. The van der Waals surface area contributed by atoms with Crippen LogP contribution in [0.2, 0.25) is 0 Å². The van der Waals surface area contributed by atoms with Crippen LogP contribution in [0.25, 0.3) is 0 Å². The number of anilines is 1. The van der Waals surface area contributed by atoms with Gasteiger partial charge in [-0.15, -0.1) is 0 Å². The summed E-state index contributed by atoms with van der Waals surface area (Å²) in [5.41, 5.74) is 4.41. The maximum Gasteiger partial charge on any atom is 0.251 e. The largest absolute Gasteiger partial charge is 0.349 e. The van der Waals surface area contributed by atoms with Crippen LogP contribution in [0, 0.1) is 20.8 Å². The minimum atomic E-state index is -0.350. The van der Waals surface area contributed by atoms with Crippen LogP contribution in [0.4, 0.5) is 5.69 Å². The average Bonchev–Trinajstić information content (AvgIpc) is 2.63. The number of hydrogen-bond donors (Lipinski definition) is 3. The van der Waals surface area contributed by atoms with E-state index in [4.69, 9.17) is 0 Å². The van der Waals surface area contributed by atoms with E-state index in [0.29, 0.717) is 5.56 Å². The first-order chi connectivity index (χ1) is 13.3. The fourth-order valence-electron chi connectivity index (χ4n) is 3.04. The molecule has 6 nitrogen and oxygen atoms in total. The second kappa shape index (κ2) is 9.69. The molecule has 3 N–H and O–H groups in total. The lowest BCUT2D eigenvalue weighted by atomic mass is 10.1. The number of amides is 3. The second-order valence-electron chi connectivity index (χ2n) is 7.04. The van der Waals surface area contributed by atoms with Gasteiger partial charge in [0.25, 0.3) is 5.91 Å². The average molecular weight is 381 g/mol. The molecule has 3 amide bonds. The third-order valence-corrected chi connectivity index (χ3v) is 4.29. The molecule has 0 spiro atoms. The zero-order valence-electron chi connectivity index (χ0n) is 16.8. The summed E-state index contributed by atoms with van der Waals surface area (Å²) in [5, 5.41) is 8.21. The van der Waals surface area contributed by atoms with Gasteiger partial charge in [0.1, 0.15) is 0 Å². The maximum absolute atomic E-state index is 12.2. The highest BCUT2D eigenvalue weighted by molar-refractivity contribution is 5.96. The van der Waals surface area contributed by atoms with E-state index in [1.165, 1.54) is 0 Å². The van der Waals surface area contributed by atoms with Crippen molar-refractivity contribution in [2.24, 2.45) is 0 Å². The van der Waals surface area contributed by atoms with Crippen LogP contribution >= 0.6 is 0 Å². The van der Waals surface area contributed by atoms with Crippen LogP contribution in [0.5, 0.6) is 0 Å². The molecule has 0 saturated carbocycles. The number of carbonyl (C=O) groups is 3. The summed E-state index contributed by atoms with van der Waals surface area (Å²) in [5.74, 6) is -0.818. The van der Waals surface area contributed by atoms with Crippen LogP contribution in [0.3, 0.4) is 0 Å². The number of nitrogens with one attached hydrogen (secondary N) is 3. The molecular weight excluding hydrogens is 354 g/mol. The summed E-state index contributed by atoms with van der Waals surface area (Å²) in [7, 11) is 0. The summed E-state index contributed by atoms with van der Waals surface area (Å²) in [6.07, 6.45) is 0.0917. The Morgan fingerprint density at radius 3 is 2.14 bits per heavy atom. The van der Waals surface area contributed by atoms with E-state index >= 15 is 0 Å². The van der Waals surface area contributed by atoms with Crippen LogP contribution in [-0.2, 0) is 9.59 Å². The third kappa shape index (κ3) is 6.23. The van der Waals surface area contributed by atoms with Crippen molar-refractivity contribution in [3.05, 3.63) is 64.7 Å². The summed E-state index contributed by atoms with van der Waals surface area (Å²) < 4.78 is 0. The minimum Gasteiger partial charge on any atom is -0.349 e. The smallest absolute Gasteiger partial charge is 0.251 e. The van der Waals surface area contributed by atoms with Gasteiger partial charge in [0.05, 0.1) is 6.54 Å². The van der Waals surface area contributed by atoms with Crippen molar-refractivity contribution < 1.29 is 14.4 Å². The van der Waals surface area contributed by atoms with Gasteiger partial charge in [-0.2, -0.15) is 0 Å². The van der Waals surface area contributed by atoms with Crippen molar-refractivity contribution in [2.45, 2.75) is 40.2 Å². The van der Waals surface area contributed by atoms with Gasteiger partial charge in [-0.25, -0.2) is 0 Å². The molecule has 2 aromatic carbocycles. The van der Waals surface area contributed by atoms with Crippen LogP contribution < -0.4 is 16.0 Å². The predicted molar refractivity (Wildman–Crippen MR) is 110 cm³/mol. The molecule has 0 aliphatic carbocycles. The van der Waals surface area contributed by atoms with Gasteiger partial charge < -0.3 is 16.0 Å². The molecule has 2 rings (SSSR count). The van der Waals surface area contributed by atoms with E-state index < -0.39 is 0 Å². The zero-order chi connectivity index (χ0) is 20.7. The van der Waals surface area contributed by atoms with Gasteiger partial charge in [-0.05, 0) is 51.0 Å². The van der Waals surface area contributed by atoms with Gasteiger partial charge in [-0.1, -0.05) is 35.9 Å². The zero-order valence-corrected chi connectivity index (χ0v) is 16.8. The molecule has 0 aliphatic rings. The normalized spacial score (nSPS) is 11.4. The summed E-state index contributed by atoms with van der Waals surface area (Å²) in [6.45, 7) is 7.50. The number of rotatable bonds is 7. The summed E-state index contributed by atoms with van der Waals surface area (Å²) in [6, 6.07) is 12.5. The molecule has 0 unspecified atom stereocenters. The summed E-state index contributed by atoms with van der Waals surface area (Å²) in [4.78, 5) is 36.3. The van der Waals surface area contributed by atoms with Crippen molar-refractivity contribution in [3.8, 4) is 0 Å². The monoisotopic (exact) mass is 381 g/mol. The Labute approximate surface area is 165 Å². The van der Waals surface area contributed by atoms with Crippen molar-refractivity contribution in [1.82, 2.24) is 10.6 Å². The molecule has 0 heterocycles. The second-order valence-corrected chi connectivity index (χ2v) is 7.04. The lowest BCUT2D eigenvalue weighted by Gasteiger charge is -2.15. The molecule has 148 valence electrons. The maximum atomic E-state index is 12.2. The Bertz CT molecular complexity index is 840. The van der Waals surface area contributed by atoms with Crippen molar-refractivity contribution >= 4 is 23.4 Å². The Kier molecular flexibility index (Phi) is 7.32. The topological polar surface area (TPSA) is 87.3 Å². The molecule has 0 saturated heterocycles. The van der Waals surface area contributed by atoms with E-state index in [1.54, 1.807) is 31.2 Å². The Morgan fingerprint density at radius 2 is 1.54 bits per heavy atom. The van der Waals surface area contributed by atoms with Crippen molar-refractivity contribution in [3.63, 3.8) is 0 Å². The molecule has 0 fully saturated rings.